The molecule has 0 saturated heterocycles. The molecule has 0 aliphatic rings. The van der Waals surface area contributed by atoms with E-state index in [4.69, 9.17) is 15.6 Å². The molecule has 2 rings (SSSR count). The van der Waals surface area contributed by atoms with Crippen molar-refractivity contribution >= 4 is 15.7 Å². The monoisotopic (exact) mass is 460 g/mol. The lowest BCUT2D eigenvalue weighted by Gasteiger charge is -2.22. The van der Waals surface area contributed by atoms with E-state index >= 15 is 0 Å². The molecule has 2 aromatic carbocycles. The third-order valence-corrected chi connectivity index (χ3v) is 6.72. The van der Waals surface area contributed by atoms with Gasteiger partial charge in [0.15, 0.2) is 0 Å². The van der Waals surface area contributed by atoms with Crippen molar-refractivity contribution in [2.75, 3.05) is 11.5 Å². The predicted octanol–water partition coefficient (Wildman–Crippen LogP) is 4.69. The molecule has 0 aliphatic carbocycles. The van der Waals surface area contributed by atoms with Gasteiger partial charge in [-0.15, -0.1) is 0 Å². The van der Waals surface area contributed by atoms with Crippen molar-refractivity contribution < 1.29 is 31.7 Å². The highest BCUT2D eigenvalue weighted by molar-refractivity contribution is 7.92. The maximum absolute atomic E-state index is 14.3. The van der Waals surface area contributed by atoms with Crippen LogP contribution in [0.3, 0.4) is 0 Å². The van der Waals surface area contributed by atoms with Crippen molar-refractivity contribution in [2.45, 2.75) is 37.9 Å². The SMILES string of the molecule is Cc1ccc(-c2cccc(C(CCS(=N)(=O)CC[C@H](N)C(=O)O)C(F)(F)F)c2)c(F)c1. The summed E-state index contributed by atoms with van der Waals surface area (Å²) in [5, 5.41) is 8.75. The van der Waals surface area contributed by atoms with Crippen LogP contribution in [0.15, 0.2) is 42.5 Å². The number of hydrogen-bond acceptors (Lipinski definition) is 4. The second kappa shape index (κ2) is 9.78. The van der Waals surface area contributed by atoms with Gasteiger partial charge in [-0.3, -0.25) is 9.57 Å². The molecule has 0 saturated carbocycles. The van der Waals surface area contributed by atoms with Crippen LogP contribution in [-0.4, -0.2) is 39.0 Å². The van der Waals surface area contributed by atoms with Crippen molar-refractivity contribution in [1.82, 2.24) is 0 Å². The van der Waals surface area contributed by atoms with E-state index in [1.807, 2.05) is 0 Å². The first kappa shape index (κ1) is 24.8. The fourth-order valence-electron chi connectivity index (χ4n) is 3.15. The number of nitrogens with one attached hydrogen (secondary N) is 1. The van der Waals surface area contributed by atoms with Crippen LogP contribution >= 0.6 is 0 Å². The molecule has 0 spiro atoms. The molecule has 10 heteroatoms. The number of nitrogens with two attached hydrogens (primary N) is 1. The van der Waals surface area contributed by atoms with Gasteiger partial charge < -0.3 is 10.8 Å². The first-order valence-corrected chi connectivity index (χ1v) is 11.4. The van der Waals surface area contributed by atoms with Crippen LogP contribution in [0.25, 0.3) is 11.1 Å². The standard InChI is InChI=1S/C21H24F4N2O3S/c1-13-5-6-16(18(22)11-13)14-3-2-4-15(12-14)17(21(23,24)25)7-9-31(27,30)10-8-19(26)20(28)29/h2-6,11-12,17,19,27H,7-10,26H2,1H3,(H,28,29)/t17?,19-,31?/m0/s1. The summed E-state index contributed by atoms with van der Waals surface area (Å²) in [5.74, 6) is -4.85. The Kier molecular flexibility index (Phi) is 7.82. The summed E-state index contributed by atoms with van der Waals surface area (Å²) in [6.07, 6.45) is -5.55. The third-order valence-electron chi connectivity index (χ3n) is 4.93. The van der Waals surface area contributed by atoms with Crippen molar-refractivity contribution in [1.29, 1.82) is 4.78 Å². The number of aryl methyl sites for hydroxylation is 1. The smallest absolute Gasteiger partial charge is 0.395 e. The molecule has 0 aromatic heterocycles. The zero-order valence-corrected chi connectivity index (χ0v) is 17.6. The minimum atomic E-state index is -4.67. The number of alkyl halides is 3. The minimum absolute atomic E-state index is 0.123. The average Bonchev–Trinajstić information content (AvgIpc) is 2.65. The molecule has 3 atom stereocenters. The quantitative estimate of drug-likeness (QED) is 0.473. The second-order valence-electron chi connectivity index (χ2n) is 7.45. The van der Waals surface area contributed by atoms with Gasteiger partial charge in [-0.25, -0.2) is 8.60 Å². The third kappa shape index (κ3) is 7.03. The maximum Gasteiger partial charge on any atom is 0.395 e. The Labute approximate surface area is 178 Å². The Bertz CT molecular complexity index is 1040. The van der Waals surface area contributed by atoms with E-state index in [0.717, 1.165) is 0 Å². The average molecular weight is 460 g/mol. The second-order valence-corrected chi connectivity index (χ2v) is 9.89. The van der Waals surface area contributed by atoms with E-state index in [9.17, 15) is 26.6 Å². The number of carboxylic acids is 1. The first-order valence-electron chi connectivity index (χ1n) is 9.46. The van der Waals surface area contributed by atoms with Crippen molar-refractivity contribution in [3.8, 4) is 11.1 Å². The van der Waals surface area contributed by atoms with Gasteiger partial charge in [0.1, 0.15) is 11.9 Å². The van der Waals surface area contributed by atoms with E-state index in [0.29, 0.717) is 5.56 Å². The summed E-state index contributed by atoms with van der Waals surface area (Å²) < 4.78 is 75.7. The van der Waals surface area contributed by atoms with Gasteiger partial charge in [0.25, 0.3) is 0 Å². The Hall–Kier alpha value is -2.46. The highest BCUT2D eigenvalue weighted by Crippen LogP contribution is 2.39. The fraction of sp³-hybridized carbons (Fsp3) is 0.381. The van der Waals surface area contributed by atoms with E-state index in [2.05, 4.69) is 0 Å². The van der Waals surface area contributed by atoms with Crippen molar-refractivity contribution in [3.63, 3.8) is 0 Å². The molecule has 0 aliphatic heterocycles. The lowest BCUT2D eigenvalue weighted by Crippen LogP contribution is -2.32. The Morgan fingerprint density at radius 1 is 1.16 bits per heavy atom. The summed E-state index contributed by atoms with van der Waals surface area (Å²) in [6, 6.07) is 8.53. The van der Waals surface area contributed by atoms with Crippen LogP contribution in [0.4, 0.5) is 17.6 Å². The molecule has 2 unspecified atom stereocenters. The normalized spacial score (nSPS) is 15.8. The lowest BCUT2D eigenvalue weighted by molar-refractivity contribution is -0.150. The van der Waals surface area contributed by atoms with Crippen LogP contribution in [0, 0.1) is 17.5 Å². The van der Waals surface area contributed by atoms with E-state index in [-0.39, 0.29) is 23.1 Å². The molecular formula is C21H24F4N2O3S. The van der Waals surface area contributed by atoms with Crippen LogP contribution in [0.1, 0.15) is 29.9 Å². The van der Waals surface area contributed by atoms with E-state index in [1.54, 1.807) is 13.0 Å². The Morgan fingerprint density at radius 3 is 2.39 bits per heavy atom. The van der Waals surface area contributed by atoms with Gasteiger partial charge in [-0.05, 0) is 42.5 Å². The number of carboxylic acid groups (broad SMARTS) is 1. The topological polar surface area (TPSA) is 104 Å². The molecule has 0 heterocycles. The molecule has 4 N–H and O–H groups in total. The minimum Gasteiger partial charge on any atom is -0.480 e. The van der Waals surface area contributed by atoms with Crippen LogP contribution in [-0.2, 0) is 14.5 Å². The highest BCUT2D eigenvalue weighted by atomic mass is 32.2. The maximum atomic E-state index is 14.3. The Balaban J connectivity index is 2.25. The molecule has 0 amide bonds. The van der Waals surface area contributed by atoms with E-state index < -0.39 is 57.6 Å². The summed E-state index contributed by atoms with van der Waals surface area (Å²) in [5.41, 5.74) is 6.32. The first-order chi connectivity index (χ1) is 14.3. The number of aliphatic carboxylic acids is 1. The number of hydrogen-bond donors (Lipinski definition) is 3. The molecule has 31 heavy (non-hydrogen) atoms. The van der Waals surface area contributed by atoms with E-state index in [1.165, 1.54) is 36.4 Å². The van der Waals surface area contributed by atoms with Crippen LogP contribution in [0.2, 0.25) is 0 Å². The largest absolute Gasteiger partial charge is 0.480 e. The molecular weight excluding hydrogens is 436 g/mol. The molecule has 2 aromatic rings. The lowest BCUT2D eigenvalue weighted by atomic mass is 9.92. The van der Waals surface area contributed by atoms with Crippen LogP contribution in [0.5, 0.6) is 0 Å². The fourth-order valence-corrected chi connectivity index (χ4v) is 4.60. The van der Waals surface area contributed by atoms with Gasteiger partial charge in [-0.2, -0.15) is 13.2 Å². The molecule has 0 bridgehead atoms. The Morgan fingerprint density at radius 2 is 1.81 bits per heavy atom. The number of carbonyl (C=O) groups is 1. The summed E-state index contributed by atoms with van der Waals surface area (Å²) in [6.45, 7) is 1.70. The number of benzene rings is 2. The molecule has 0 fully saturated rings. The van der Waals surface area contributed by atoms with Gasteiger partial charge >= 0.3 is 12.1 Å². The highest BCUT2D eigenvalue weighted by Gasteiger charge is 2.41. The number of halogens is 4. The summed E-state index contributed by atoms with van der Waals surface area (Å²) in [4.78, 5) is 10.7. The summed E-state index contributed by atoms with van der Waals surface area (Å²) >= 11 is 0. The van der Waals surface area contributed by atoms with Crippen molar-refractivity contribution in [2.24, 2.45) is 5.73 Å². The van der Waals surface area contributed by atoms with Gasteiger partial charge in [0.05, 0.1) is 5.92 Å². The van der Waals surface area contributed by atoms with Gasteiger partial charge in [-0.1, -0.05) is 36.4 Å². The zero-order valence-electron chi connectivity index (χ0n) is 16.8. The van der Waals surface area contributed by atoms with Gasteiger partial charge in [0.2, 0.25) is 0 Å². The van der Waals surface area contributed by atoms with Gasteiger partial charge in [0, 0.05) is 26.8 Å². The predicted molar refractivity (Wildman–Crippen MR) is 111 cm³/mol. The van der Waals surface area contributed by atoms with Crippen molar-refractivity contribution in [3.05, 3.63) is 59.4 Å². The molecule has 5 nitrogen and oxygen atoms in total. The zero-order chi connectivity index (χ0) is 23.4. The number of rotatable bonds is 9. The summed E-state index contributed by atoms with van der Waals surface area (Å²) in [7, 11) is -3.45. The molecule has 170 valence electrons. The molecule has 0 radical (unpaired) electrons. The van der Waals surface area contributed by atoms with Crippen LogP contribution < -0.4 is 5.73 Å².